The smallest absolute Gasteiger partial charge is 0.238 e. The van der Waals surface area contributed by atoms with Gasteiger partial charge in [0.05, 0.1) is 12.1 Å². The Bertz CT molecular complexity index is 386. The number of rotatable bonds is 3. The zero-order chi connectivity index (χ0) is 12.3. The number of thioether (sulfide) groups is 1. The van der Waals surface area contributed by atoms with E-state index in [0.717, 1.165) is 29.6 Å². The van der Waals surface area contributed by atoms with E-state index < -0.39 is 0 Å². The van der Waals surface area contributed by atoms with Gasteiger partial charge in [-0.25, -0.2) is 0 Å². The molecule has 1 saturated heterocycles. The molecule has 1 amide bonds. The van der Waals surface area contributed by atoms with Crippen LogP contribution in [0.5, 0.6) is 0 Å². The molecule has 5 heteroatoms. The molecule has 1 aliphatic heterocycles. The number of amides is 1. The summed E-state index contributed by atoms with van der Waals surface area (Å²) in [6.45, 7) is 4.74. The first-order chi connectivity index (χ1) is 8.16. The Morgan fingerprint density at radius 1 is 1.65 bits per heavy atom. The van der Waals surface area contributed by atoms with Gasteiger partial charge in [0, 0.05) is 18.1 Å². The first-order valence-electron chi connectivity index (χ1n) is 5.84. The number of carbonyl (C=O) groups excluding carboxylic acids is 1. The quantitative estimate of drug-likeness (QED) is 0.857. The van der Waals surface area contributed by atoms with Crippen LogP contribution in [0.3, 0.4) is 0 Å². The summed E-state index contributed by atoms with van der Waals surface area (Å²) in [4.78, 5) is 12.0. The maximum absolute atomic E-state index is 12.0. The fraction of sp³-hybridized carbons (Fsp3) is 0.583. The van der Waals surface area contributed by atoms with Crippen LogP contribution < -0.4 is 10.6 Å². The first kappa shape index (κ1) is 12.5. The van der Waals surface area contributed by atoms with E-state index in [1.807, 2.05) is 37.7 Å². The number of carbonyl (C=O) groups is 1. The van der Waals surface area contributed by atoms with Crippen molar-refractivity contribution in [3.63, 3.8) is 0 Å². The molecule has 17 heavy (non-hydrogen) atoms. The molecule has 0 aliphatic carbocycles. The molecule has 0 saturated carbocycles. The minimum absolute atomic E-state index is 0.0544. The molecule has 0 aromatic carbocycles. The molecule has 0 spiro atoms. The predicted octanol–water partition coefficient (Wildman–Crippen LogP) is 1.47. The lowest BCUT2D eigenvalue weighted by Crippen LogP contribution is -2.49. The number of hydrogen-bond donors (Lipinski definition) is 2. The summed E-state index contributed by atoms with van der Waals surface area (Å²) in [6, 6.07) is 3.66. The standard InChI is InChI=1S/C12H18N2O2S/c1-8-3-4-11(16-8)9(2)14-12(15)10-7-17-6-5-13-10/h3-4,9-10,13H,5-7H2,1-2H3,(H,14,15). The Morgan fingerprint density at radius 2 is 2.47 bits per heavy atom. The maximum Gasteiger partial charge on any atom is 0.238 e. The molecule has 1 aliphatic rings. The summed E-state index contributed by atoms with van der Waals surface area (Å²) in [6.07, 6.45) is 0. The van der Waals surface area contributed by atoms with Crippen LogP contribution in [0.25, 0.3) is 0 Å². The highest BCUT2D eigenvalue weighted by molar-refractivity contribution is 7.99. The van der Waals surface area contributed by atoms with E-state index >= 15 is 0 Å². The van der Waals surface area contributed by atoms with Crippen LogP contribution in [0, 0.1) is 6.92 Å². The highest BCUT2D eigenvalue weighted by Crippen LogP contribution is 2.16. The average Bonchev–Trinajstić information content (AvgIpc) is 2.77. The molecule has 4 nitrogen and oxygen atoms in total. The second kappa shape index (κ2) is 5.60. The zero-order valence-electron chi connectivity index (χ0n) is 10.2. The summed E-state index contributed by atoms with van der Waals surface area (Å²) in [5, 5.41) is 6.19. The van der Waals surface area contributed by atoms with Gasteiger partial charge in [-0.15, -0.1) is 0 Å². The third-order valence-corrected chi connectivity index (χ3v) is 3.85. The third kappa shape index (κ3) is 3.26. The minimum Gasteiger partial charge on any atom is -0.464 e. The number of hydrogen-bond acceptors (Lipinski definition) is 4. The highest BCUT2D eigenvalue weighted by Gasteiger charge is 2.23. The van der Waals surface area contributed by atoms with E-state index in [0.29, 0.717) is 0 Å². The summed E-state index contributed by atoms with van der Waals surface area (Å²) in [5.74, 6) is 3.65. The molecular formula is C12H18N2O2S. The Kier molecular flexibility index (Phi) is 4.12. The fourth-order valence-electron chi connectivity index (χ4n) is 1.81. The second-order valence-electron chi connectivity index (χ2n) is 4.26. The minimum atomic E-state index is -0.0788. The number of aryl methyl sites for hydroxylation is 1. The fourth-order valence-corrected chi connectivity index (χ4v) is 2.74. The normalized spacial score (nSPS) is 22.1. The van der Waals surface area contributed by atoms with Crippen LogP contribution in [0.2, 0.25) is 0 Å². The van der Waals surface area contributed by atoms with Gasteiger partial charge in [0.1, 0.15) is 11.5 Å². The van der Waals surface area contributed by atoms with Gasteiger partial charge < -0.3 is 15.1 Å². The molecule has 2 N–H and O–H groups in total. The lowest BCUT2D eigenvalue weighted by atomic mass is 10.2. The van der Waals surface area contributed by atoms with E-state index in [4.69, 9.17) is 4.42 Å². The molecule has 1 fully saturated rings. The average molecular weight is 254 g/mol. The van der Waals surface area contributed by atoms with Crippen molar-refractivity contribution in [2.75, 3.05) is 18.1 Å². The number of furan rings is 1. The van der Waals surface area contributed by atoms with Crippen LogP contribution in [0.4, 0.5) is 0 Å². The van der Waals surface area contributed by atoms with Gasteiger partial charge >= 0.3 is 0 Å². The van der Waals surface area contributed by atoms with E-state index in [2.05, 4.69) is 10.6 Å². The van der Waals surface area contributed by atoms with Gasteiger partial charge in [0.15, 0.2) is 0 Å². The van der Waals surface area contributed by atoms with Gasteiger partial charge in [-0.05, 0) is 26.0 Å². The van der Waals surface area contributed by atoms with Crippen LogP contribution in [0.15, 0.2) is 16.5 Å². The van der Waals surface area contributed by atoms with E-state index in [1.54, 1.807) is 0 Å². The maximum atomic E-state index is 12.0. The molecule has 0 radical (unpaired) electrons. The van der Waals surface area contributed by atoms with E-state index in [1.165, 1.54) is 0 Å². The summed E-state index contributed by atoms with van der Waals surface area (Å²) in [5.41, 5.74) is 0. The Morgan fingerprint density at radius 3 is 3.06 bits per heavy atom. The van der Waals surface area contributed by atoms with Crippen LogP contribution >= 0.6 is 11.8 Å². The third-order valence-electron chi connectivity index (χ3n) is 2.78. The monoisotopic (exact) mass is 254 g/mol. The van der Waals surface area contributed by atoms with Gasteiger partial charge in [-0.2, -0.15) is 11.8 Å². The molecule has 2 unspecified atom stereocenters. The van der Waals surface area contributed by atoms with Gasteiger partial charge in [-0.3, -0.25) is 4.79 Å². The van der Waals surface area contributed by atoms with Crippen molar-refractivity contribution in [1.29, 1.82) is 0 Å². The Balaban J connectivity index is 1.89. The highest BCUT2D eigenvalue weighted by atomic mass is 32.2. The summed E-state index contributed by atoms with van der Waals surface area (Å²) >= 11 is 1.81. The van der Waals surface area contributed by atoms with Gasteiger partial charge in [0.25, 0.3) is 0 Å². The van der Waals surface area contributed by atoms with Crippen molar-refractivity contribution >= 4 is 17.7 Å². The molecule has 1 aromatic heterocycles. The molecule has 2 heterocycles. The zero-order valence-corrected chi connectivity index (χ0v) is 11.0. The lowest BCUT2D eigenvalue weighted by molar-refractivity contribution is -0.123. The van der Waals surface area contributed by atoms with Crippen molar-refractivity contribution in [3.8, 4) is 0 Å². The Labute approximate surface area is 106 Å². The largest absolute Gasteiger partial charge is 0.464 e. The van der Waals surface area contributed by atoms with E-state index in [9.17, 15) is 4.79 Å². The SMILES string of the molecule is Cc1ccc(C(C)NC(=O)C2CSCCN2)o1. The molecular weight excluding hydrogens is 236 g/mol. The van der Waals surface area contributed by atoms with Crippen LogP contribution in [-0.4, -0.2) is 30.0 Å². The van der Waals surface area contributed by atoms with Crippen molar-refractivity contribution < 1.29 is 9.21 Å². The van der Waals surface area contributed by atoms with Crippen molar-refractivity contribution in [3.05, 3.63) is 23.7 Å². The second-order valence-corrected chi connectivity index (χ2v) is 5.41. The molecule has 94 valence electrons. The van der Waals surface area contributed by atoms with Crippen molar-refractivity contribution in [2.24, 2.45) is 0 Å². The van der Waals surface area contributed by atoms with Crippen LogP contribution in [-0.2, 0) is 4.79 Å². The van der Waals surface area contributed by atoms with Crippen molar-refractivity contribution in [1.82, 2.24) is 10.6 Å². The topological polar surface area (TPSA) is 54.3 Å². The molecule has 2 rings (SSSR count). The molecule has 0 bridgehead atoms. The van der Waals surface area contributed by atoms with E-state index in [-0.39, 0.29) is 18.0 Å². The molecule has 2 atom stereocenters. The first-order valence-corrected chi connectivity index (χ1v) is 7.00. The van der Waals surface area contributed by atoms with Crippen LogP contribution in [0.1, 0.15) is 24.5 Å². The molecule has 1 aromatic rings. The van der Waals surface area contributed by atoms with Gasteiger partial charge in [0.2, 0.25) is 5.91 Å². The summed E-state index contributed by atoms with van der Waals surface area (Å²) in [7, 11) is 0. The summed E-state index contributed by atoms with van der Waals surface area (Å²) < 4.78 is 5.49. The van der Waals surface area contributed by atoms with Gasteiger partial charge in [-0.1, -0.05) is 0 Å². The Hall–Kier alpha value is -0.940. The number of nitrogens with one attached hydrogen (secondary N) is 2. The van der Waals surface area contributed by atoms with Crippen molar-refractivity contribution in [2.45, 2.75) is 25.9 Å². The predicted molar refractivity (Wildman–Crippen MR) is 69.1 cm³/mol. The lowest BCUT2D eigenvalue weighted by Gasteiger charge is -2.23.